The third-order valence-electron chi connectivity index (χ3n) is 2.96. The number of rotatable bonds is 4. The van der Waals surface area contributed by atoms with Crippen molar-refractivity contribution in [3.8, 4) is 0 Å². The maximum atomic E-state index is 13.5. The molecule has 0 unspecified atom stereocenters. The Hall–Kier alpha value is -1.20. The number of nitrogens with zero attached hydrogens (tertiary/aromatic N) is 2. The number of aryl methyl sites for hydroxylation is 2. The molecule has 5 heteroatoms. The Bertz CT molecular complexity index is 551. The molecule has 0 saturated heterocycles. The quantitative estimate of drug-likeness (QED) is 0.943. The molecule has 0 spiro atoms. The second-order valence-corrected chi connectivity index (χ2v) is 4.87. The Morgan fingerprint density at radius 2 is 2.06 bits per heavy atom. The molecule has 0 aliphatic carbocycles. The van der Waals surface area contributed by atoms with Crippen molar-refractivity contribution in [3.05, 3.63) is 51.8 Å². The van der Waals surface area contributed by atoms with Gasteiger partial charge < -0.3 is 10.3 Å². The van der Waals surface area contributed by atoms with Crippen LogP contribution in [0, 0.1) is 5.82 Å². The number of hydrogen-bond donors (Lipinski definition) is 1. The molecule has 18 heavy (non-hydrogen) atoms. The van der Waals surface area contributed by atoms with Crippen LogP contribution in [0.4, 0.5) is 4.39 Å². The van der Waals surface area contributed by atoms with E-state index in [1.54, 1.807) is 12.1 Å². The van der Waals surface area contributed by atoms with Gasteiger partial charge in [-0.1, -0.05) is 18.2 Å². The van der Waals surface area contributed by atoms with Gasteiger partial charge in [0.15, 0.2) is 0 Å². The number of imidazole rings is 1. The van der Waals surface area contributed by atoms with Crippen LogP contribution in [0.5, 0.6) is 0 Å². The normalized spacial score (nSPS) is 10.9. The minimum Gasteiger partial charge on any atom is -0.325 e. The average molecular weight is 312 g/mol. The molecule has 0 saturated carbocycles. The van der Waals surface area contributed by atoms with Gasteiger partial charge >= 0.3 is 0 Å². The topological polar surface area (TPSA) is 43.8 Å². The maximum Gasteiger partial charge on any atom is 0.126 e. The molecule has 2 rings (SSSR count). The summed E-state index contributed by atoms with van der Waals surface area (Å²) in [6.07, 6.45) is 1.32. The monoisotopic (exact) mass is 311 g/mol. The summed E-state index contributed by atoms with van der Waals surface area (Å²) >= 11 is 3.49. The van der Waals surface area contributed by atoms with E-state index in [1.165, 1.54) is 6.07 Å². The highest BCUT2D eigenvalue weighted by atomic mass is 79.9. The van der Waals surface area contributed by atoms with Crippen molar-refractivity contribution in [2.75, 3.05) is 0 Å². The zero-order valence-corrected chi connectivity index (χ0v) is 11.7. The Morgan fingerprint density at radius 1 is 1.33 bits per heavy atom. The molecule has 3 nitrogen and oxygen atoms in total. The molecule has 1 heterocycles. The van der Waals surface area contributed by atoms with E-state index in [4.69, 9.17) is 5.73 Å². The minimum absolute atomic E-state index is 0.163. The van der Waals surface area contributed by atoms with Gasteiger partial charge in [0, 0.05) is 7.05 Å². The van der Waals surface area contributed by atoms with Crippen LogP contribution in [0.15, 0.2) is 28.9 Å². The van der Waals surface area contributed by atoms with Crippen molar-refractivity contribution in [3.63, 3.8) is 0 Å². The highest BCUT2D eigenvalue weighted by Gasteiger charge is 2.12. The van der Waals surface area contributed by atoms with E-state index in [0.717, 1.165) is 16.1 Å². The summed E-state index contributed by atoms with van der Waals surface area (Å²) in [7, 11) is 1.91. The first-order valence-corrected chi connectivity index (χ1v) is 6.56. The molecular formula is C13H15BrFN3. The maximum absolute atomic E-state index is 13.5. The van der Waals surface area contributed by atoms with Gasteiger partial charge in [-0.2, -0.15) is 0 Å². The van der Waals surface area contributed by atoms with Gasteiger partial charge in [-0.15, -0.1) is 0 Å². The van der Waals surface area contributed by atoms with Gasteiger partial charge in [-0.3, -0.25) is 0 Å². The predicted octanol–water partition coefficient (Wildman–Crippen LogP) is 2.57. The van der Waals surface area contributed by atoms with E-state index >= 15 is 0 Å². The van der Waals surface area contributed by atoms with Crippen LogP contribution in [-0.4, -0.2) is 9.55 Å². The Labute approximate surface area is 114 Å². The summed E-state index contributed by atoms with van der Waals surface area (Å²) in [5, 5.41) is 0. The lowest BCUT2D eigenvalue weighted by Gasteiger charge is -2.02. The molecule has 0 radical (unpaired) electrons. The first kappa shape index (κ1) is 13.2. The molecule has 0 aliphatic heterocycles. The minimum atomic E-state index is -0.163. The third kappa shape index (κ3) is 2.62. The standard InChI is InChI=1S/C13H15BrFN3/c1-18-12(8-16)17-11(13(18)14)7-6-9-4-2-3-5-10(9)15/h2-5H,6-8,16H2,1H3. The fraction of sp³-hybridized carbons (Fsp3) is 0.308. The van der Waals surface area contributed by atoms with Gasteiger partial charge in [-0.05, 0) is 40.4 Å². The van der Waals surface area contributed by atoms with Crippen molar-refractivity contribution in [1.29, 1.82) is 0 Å². The van der Waals surface area contributed by atoms with Crippen LogP contribution < -0.4 is 5.73 Å². The third-order valence-corrected chi connectivity index (χ3v) is 3.94. The first-order chi connectivity index (χ1) is 8.63. The molecule has 0 aliphatic rings. The summed E-state index contributed by atoms with van der Waals surface area (Å²) in [6.45, 7) is 0.398. The average Bonchev–Trinajstić information content (AvgIpc) is 2.65. The second-order valence-electron chi connectivity index (χ2n) is 4.12. The summed E-state index contributed by atoms with van der Waals surface area (Å²) in [5.41, 5.74) is 7.23. The molecular weight excluding hydrogens is 297 g/mol. The van der Waals surface area contributed by atoms with Crippen LogP contribution >= 0.6 is 15.9 Å². The van der Waals surface area contributed by atoms with Crippen LogP contribution in [0.1, 0.15) is 17.1 Å². The lowest BCUT2D eigenvalue weighted by molar-refractivity contribution is 0.608. The first-order valence-electron chi connectivity index (χ1n) is 5.77. The lowest BCUT2D eigenvalue weighted by Crippen LogP contribution is -2.04. The number of hydrogen-bond acceptors (Lipinski definition) is 2. The molecule has 0 atom stereocenters. The van der Waals surface area contributed by atoms with Crippen molar-refractivity contribution >= 4 is 15.9 Å². The van der Waals surface area contributed by atoms with Crippen LogP contribution in [-0.2, 0) is 26.4 Å². The molecule has 0 bridgehead atoms. The summed E-state index contributed by atoms with van der Waals surface area (Å²) < 4.78 is 16.3. The van der Waals surface area contributed by atoms with Gasteiger partial charge in [-0.25, -0.2) is 9.37 Å². The molecule has 2 aromatic rings. The Balaban J connectivity index is 2.14. The van der Waals surface area contributed by atoms with Gasteiger partial charge in [0.05, 0.1) is 12.2 Å². The molecule has 1 aromatic carbocycles. The van der Waals surface area contributed by atoms with Crippen LogP contribution in [0.3, 0.4) is 0 Å². The number of aromatic nitrogens is 2. The highest BCUT2D eigenvalue weighted by molar-refractivity contribution is 9.10. The molecule has 0 fully saturated rings. The zero-order valence-electron chi connectivity index (χ0n) is 10.2. The number of halogens is 2. The molecule has 0 amide bonds. The van der Waals surface area contributed by atoms with Crippen LogP contribution in [0.25, 0.3) is 0 Å². The van der Waals surface area contributed by atoms with Crippen molar-refractivity contribution in [2.24, 2.45) is 12.8 Å². The molecule has 1 aromatic heterocycles. The van der Waals surface area contributed by atoms with E-state index < -0.39 is 0 Å². The fourth-order valence-corrected chi connectivity index (χ4v) is 2.37. The smallest absolute Gasteiger partial charge is 0.126 e. The van der Waals surface area contributed by atoms with Gasteiger partial charge in [0.25, 0.3) is 0 Å². The van der Waals surface area contributed by atoms with E-state index in [2.05, 4.69) is 20.9 Å². The van der Waals surface area contributed by atoms with Gasteiger partial charge in [0.1, 0.15) is 16.2 Å². The van der Waals surface area contributed by atoms with Crippen LogP contribution in [0.2, 0.25) is 0 Å². The van der Waals surface area contributed by atoms with Crippen molar-refractivity contribution in [1.82, 2.24) is 9.55 Å². The fourth-order valence-electron chi connectivity index (χ4n) is 1.88. The van der Waals surface area contributed by atoms with Crippen molar-refractivity contribution in [2.45, 2.75) is 19.4 Å². The predicted molar refractivity (Wildman–Crippen MR) is 72.6 cm³/mol. The zero-order chi connectivity index (χ0) is 13.1. The van der Waals surface area contributed by atoms with E-state index in [1.807, 2.05) is 17.7 Å². The summed E-state index contributed by atoms with van der Waals surface area (Å²) in [6, 6.07) is 6.82. The summed E-state index contributed by atoms with van der Waals surface area (Å²) in [4.78, 5) is 4.44. The van der Waals surface area contributed by atoms with Gasteiger partial charge in [0.2, 0.25) is 0 Å². The molecule has 2 N–H and O–H groups in total. The second kappa shape index (κ2) is 5.63. The number of nitrogens with two attached hydrogens (primary N) is 1. The Morgan fingerprint density at radius 3 is 2.67 bits per heavy atom. The summed E-state index contributed by atoms with van der Waals surface area (Å²) in [5.74, 6) is 0.661. The number of benzene rings is 1. The van der Waals surface area contributed by atoms with Crippen molar-refractivity contribution < 1.29 is 4.39 Å². The Kier molecular flexibility index (Phi) is 4.14. The SMILES string of the molecule is Cn1c(CN)nc(CCc2ccccc2F)c1Br. The largest absolute Gasteiger partial charge is 0.325 e. The van der Waals surface area contributed by atoms with E-state index in [9.17, 15) is 4.39 Å². The highest BCUT2D eigenvalue weighted by Crippen LogP contribution is 2.19. The molecule has 96 valence electrons. The lowest BCUT2D eigenvalue weighted by atomic mass is 10.1. The van der Waals surface area contributed by atoms with E-state index in [-0.39, 0.29) is 5.82 Å². The van der Waals surface area contributed by atoms with E-state index in [0.29, 0.717) is 24.9 Å².